The number of hydrogen-bond donors (Lipinski definition) is 2. The highest BCUT2D eigenvalue weighted by Crippen LogP contribution is 2.53. The van der Waals surface area contributed by atoms with Crippen LogP contribution in [0, 0.1) is 11.8 Å². The van der Waals surface area contributed by atoms with Crippen molar-refractivity contribution < 1.29 is 33.8 Å². The number of allylic oxidation sites excluding steroid dienone is 1. The molecule has 0 bridgehead atoms. The first-order valence-corrected chi connectivity index (χ1v) is 16.6. The minimum atomic E-state index is -1.48. The molecule has 10 heteroatoms. The second kappa shape index (κ2) is 13.0. The van der Waals surface area contributed by atoms with E-state index in [1.54, 1.807) is 23.1 Å². The summed E-state index contributed by atoms with van der Waals surface area (Å²) in [6, 6.07) is 20.4. The fraction of sp³-hybridized carbons (Fsp3) is 0.368. The van der Waals surface area contributed by atoms with E-state index >= 15 is 0 Å². The number of nitrogens with one attached hydrogen (secondary N) is 1. The number of aliphatic hydroxyl groups is 1. The van der Waals surface area contributed by atoms with Crippen LogP contribution in [0.1, 0.15) is 37.8 Å². The van der Waals surface area contributed by atoms with Crippen LogP contribution >= 0.6 is 0 Å². The Labute approximate surface area is 279 Å². The van der Waals surface area contributed by atoms with Crippen molar-refractivity contribution in [3.8, 4) is 0 Å². The van der Waals surface area contributed by atoms with Gasteiger partial charge in [-0.1, -0.05) is 91.9 Å². The van der Waals surface area contributed by atoms with Crippen LogP contribution in [-0.4, -0.2) is 77.2 Å². The van der Waals surface area contributed by atoms with Gasteiger partial charge in [-0.2, -0.15) is 0 Å². The van der Waals surface area contributed by atoms with E-state index in [1.807, 2.05) is 85.8 Å². The summed E-state index contributed by atoms with van der Waals surface area (Å²) < 4.78 is 12.4. The minimum Gasteiger partial charge on any atom is -0.463 e. The normalized spacial score (nSPS) is 30.3. The summed E-state index contributed by atoms with van der Waals surface area (Å²) in [4.78, 5) is 59.6. The number of carbonyl (C=O) groups is 4. The van der Waals surface area contributed by atoms with Gasteiger partial charge in [-0.25, -0.2) is 0 Å². The van der Waals surface area contributed by atoms with Crippen molar-refractivity contribution in [2.75, 3.05) is 24.7 Å². The van der Waals surface area contributed by atoms with E-state index in [0.29, 0.717) is 18.5 Å². The lowest BCUT2D eigenvalue weighted by molar-refractivity contribution is -0.146. The summed E-state index contributed by atoms with van der Waals surface area (Å²) in [5, 5.41) is 15.5. The number of anilines is 1. The Morgan fingerprint density at radius 2 is 1.73 bits per heavy atom. The Morgan fingerprint density at radius 3 is 2.50 bits per heavy atom. The molecule has 2 saturated heterocycles. The topological polar surface area (TPSA) is 125 Å². The molecule has 4 heterocycles. The number of amides is 3. The highest BCUT2D eigenvalue weighted by atomic mass is 16.5. The van der Waals surface area contributed by atoms with Gasteiger partial charge in [0.05, 0.1) is 36.6 Å². The molecule has 0 radical (unpaired) electrons. The first kappa shape index (κ1) is 31.8. The maximum Gasteiger partial charge on any atom is 0.306 e. The number of fused-ring (bicyclic) bond motifs is 3. The summed E-state index contributed by atoms with van der Waals surface area (Å²) in [6.07, 6.45) is 7.17. The van der Waals surface area contributed by atoms with Crippen molar-refractivity contribution in [1.82, 2.24) is 10.2 Å². The van der Waals surface area contributed by atoms with Gasteiger partial charge in [-0.3, -0.25) is 19.2 Å². The van der Waals surface area contributed by atoms with Gasteiger partial charge >= 0.3 is 5.97 Å². The smallest absolute Gasteiger partial charge is 0.306 e. The molecule has 7 rings (SSSR count). The third-order valence-electron chi connectivity index (χ3n) is 10.1. The molecule has 3 aromatic carbocycles. The van der Waals surface area contributed by atoms with E-state index in [1.165, 1.54) is 4.90 Å². The summed E-state index contributed by atoms with van der Waals surface area (Å²) in [5.74, 6) is -3.63. The highest BCUT2D eigenvalue weighted by Gasteiger charge is 2.72. The fourth-order valence-electron chi connectivity index (χ4n) is 7.76. The molecular weight excluding hydrogens is 610 g/mol. The van der Waals surface area contributed by atoms with Crippen LogP contribution in [0.3, 0.4) is 0 Å². The summed E-state index contributed by atoms with van der Waals surface area (Å²) >= 11 is 0. The van der Waals surface area contributed by atoms with Crippen LogP contribution in [-0.2, 0) is 28.7 Å². The first-order chi connectivity index (χ1) is 23.4. The molecule has 3 amide bonds. The summed E-state index contributed by atoms with van der Waals surface area (Å²) in [7, 11) is 0. The van der Waals surface area contributed by atoms with Gasteiger partial charge in [0.15, 0.2) is 0 Å². The van der Waals surface area contributed by atoms with Crippen LogP contribution in [0.25, 0.3) is 10.8 Å². The van der Waals surface area contributed by atoms with Gasteiger partial charge in [0.25, 0.3) is 5.91 Å². The third kappa shape index (κ3) is 5.38. The third-order valence-corrected chi connectivity index (χ3v) is 10.1. The molecule has 0 unspecified atom stereocenters. The molecule has 3 aromatic rings. The minimum absolute atomic E-state index is 0.0728. The highest BCUT2D eigenvalue weighted by molar-refractivity contribution is 6.06. The second-order valence-electron chi connectivity index (χ2n) is 12.8. The molecule has 4 aliphatic heterocycles. The zero-order valence-electron chi connectivity index (χ0n) is 26.7. The predicted octanol–water partition coefficient (Wildman–Crippen LogP) is 3.85. The number of cyclic esters (lactones) is 1. The number of benzene rings is 3. The Bertz CT molecular complexity index is 1790. The van der Waals surface area contributed by atoms with Crippen LogP contribution in [0.15, 0.2) is 97.1 Å². The Balaban J connectivity index is 1.32. The molecule has 10 nitrogen and oxygen atoms in total. The lowest BCUT2D eigenvalue weighted by Crippen LogP contribution is -2.58. The van der Waals surface area contributed by atoms with Gasteiger partial charge in [0, 0.05) is 18.7 Å². The molecule has 2 N–H and O–H groups in total. The van der Waals surface area contributed by atoms with Crippen LogP contribution in [0.5, 0.6) is 0 Å². The Morgan fingerprint density at radius 1 is 0.958 bits per heavy atom. The molecule has 0 saturated carbocycles. The molecule has 48 heavy (non-hydrogen) atoms. The summed E-state index contributed by atoms with van der Waals surface area (Å²) in [6.45, 7) is 1.66. The number of rotatable bonds is 5. The Kier molecular flexibility index (Phi) is 8.61. The first-order valence-electron chi connectivity index (χ1n) is 16.6. The van der Waals surface area contributed by atoms with Gasteiger partial charge in [0.2, 0.25) is 11.8 Å². The molecule has 0 aromatic heterocycles. The van der Waals surface area contributed by atoms with Crippen molar-refractivity contribution in [1.29, 1.82) is 0 Å². The van der Waals surface area contributed by atoms with Crippen LogP contribution < -0.4 is 10.2 Å². The quantitative estimate of drug-likeness (QED) is 0.318. The van der Waals surface area contributed by atoms with E-state index in [2.05, 4.69) is 5.32 Å². The van der Waals surface area contributed by atoms with Crippen molar-refractivity contribution in [2.45, 2.75) is 56.0 Å². The lowest BCUT2D eigenvalue weighted by Gasteiger charge is -2.38. The predicted molar refractivity (Wildman–Crippen MR) is 178 cm³/mol. The average molecular weight is 650 g/mol. The number of nitrogens with zero attached hydrogens (tertiary/aromatic N) is 2. The zero-order chi connectivity index (χ0) is 33.4. The molecule has 2 fully saturated rings. The number of carbonyl (C=O) groups excluding carboxylic acids is 4. The standard InChI is InChI=1S/C38H39N3O7/c1-2-27(22-42)41-34-37(46)40(28-18-17-24-11-6-7-14-26(24)21-28)20-10-19-38(34)33(36(41)45)32-30(48-38)15-8-9-16-31(43)47-23-29(39-35(32)44)25-12-4-3-5-13-25/h3-8,10-15,17-19,21,27,29-30,32-34,42H,2,9,16,20,22-23H2,1H3,(H,39,44)/b15-8-/t27-,29-,30+,32-,33-,34+,38-/m0/s1. The van der Waals surface area contributed by atoms with Gasteiger partial charge in [-0.05, 0) is 41.3 Å². The second-order valence-corrected chi connectivity index (χ2v) is 12.8. The van der Waals surface area contributed by atoms with E-state index in [4.69, 9.17) is 9.47 Å². The van der Waals surface area contributed by atoms with Gasteiger partial charge < -0.3 is 29.7 Å². The molecule has 248 valence electrons. The van der Waals surface area contributed by atoms with E-state index < -0.39 is 53.5 Å². The van der Waals surface area contributed by atoms with Crippen LogP contribution in [0.2, 0.25) is 0 Å². The fourth-order valence-corrected chi connectivity index (χ4v) is 7.76. The van der Waals surface area contributed by atoms with E-state index in [-0.39, 0.29) is 38.1 Å². The number of hydrogen-bond acceptors (Lipinski definition) is 7. The number of ether oxygens (including phenoxy) is 2. The Hall–Kier alpha value is -4.80. The molecular formula is C38H39N3O7. The van der Waals surface area contributed by atoms with E-state index in [0.717, 1.165) is 16.3 Å². The lowest BCUT2D eigenvalue weighted by atomic mass is 9.77. The number of esters is 1. The van der Waals surface area contributed by atoms with Crippen molar-refractivity contribution in [3.63, 3.8) is 0 Å². The maximum absolute atomic E-state index is 14.8. The number of likely N-dealkylation sites (tertiary alicyclic amines) is 1. The van der Waals surface area contributed by atoms with Crippen molar-refractivity contribution in [2.24, 2.45) is 11.8 Å². The summed E-state index contributed by atoms with van der Waals surface area (Å²) in [5.41, 5.74) is -0.0601. The molecule has 7 atom stereocenters. The molecule has 4 aliphatic rings. The molecule has 1 spiro atoms. The van der Waals surface area contributed by atoms with E-state index in [9.17, 15) is 24.3 Å². The van der Waals surface area contributed by atoms with Gasteiger partial charge in [-0.15, -0.1) is 0 Å². The molecule has 0 aliphatic carbocycles. The maximum atomic E-state index is 14.8. The van der Waals surface area contributed by atoms with Crippen molar-refractivity contribution >= 4 is 40.2 Å². The zero-order valence-corrected chi connectivity index (χ0v) is 26.7. The number of aliphatic hydroxyl groups excluding tert-OH is 1. The average Bonchev–Trinajstić information content (AvgIpc) is 3.49. The van der Waals surface area contributed by atoms with Crippen molar-refractivity contribution in [3.05, 3.63) is 103 Å². The SMILES string of the molecule is CC[C@@H](CO)N1C(=O)[C@@H]2[C@H]3C(=O)N[C@H](c4ccccc4)COC(=O)CC/C=C\[C@H]3O[C@@]23C=CCN(c2ccc4ccccc4c2)C(=O)[C@@H]13. The van der Waals surface area contributed by atoms with Crippen LogP contribution in [0.4, 0.5) is 5.69 Å². The monoisotopic (exact) mass is 649 g/mol. The largest absolute Gasteiger partial charge is 0.463 e. The van der Waals surface area contributed by atoms with Gasteiger partial charge in [0.1, 0.15) is 18.2 Å².